The van der Waals surface area contributed by atoms with Gasteiger partial charge in [-0.15, -0.1) is 0 Å². The van der Waals surface area contributed by atoms with Gasteiger partial charge in [-0.1, -0.05) is 36.4 Å². The normalized spacial score (nSPS) is 14.8. The van der Waals surface area contributed by atoms with Crippen molar-refractivity contribution in [2.75, 3.05) is 12.0 Å². The fourth-order valence-electron chi connectivity index (χ4n) is 5.05. The summed E-state index contributed by atoms with van der Waals surface area (Å²) in [6.07, 6.45) is 4.43. The molecule has 2 aromatic carbocycles. The Labute approximate surface area is 258 Å². The number of benzene rings is 2. The van der Waals surface area contributed by atoms with Crippen LogP contribution in [-0.2, 0) is 32.0 Å². The number of carboxylic acids is 1. The summed E-state index contributed by atoms with van der Waals surface area (Å²) in [4.78, 5) is 57.9. The number of thioether (sulfide) groups is 1. The lowest BCUT2D eigenvalue weighted by molar-refractivity contribution is -0.143. The fourth-order valence-corrected chi connectivity index (χ4v) is 5.53. The molecule has 4 aromatic rings. The van der Waals surface area contributed by atoms with Crippen LogP contribution in [0.25, 0.3) is 21.8 Å². The van der Waals surface area contributed by atoms with Gasteiger partial charge >= 0.3 is 5.97 Å². The largest absolute Gasteiger partial charge is 0.480 e. The van der Waals surface area contributed by atoms with Crippen molar-refractivity contribution in [3.8, 4) is 0 Å². The van der Waals surface area contributed by atoms with Crippen LogP contribution in [0.4, 0.5) is 0 Å². The van der Waals surface area contributed by atoms with Crippen molar-refractivity contribution in [1.29, 1.82) is 0 Å². The number of carboxylic acid groups (broad SMARTS) is 1. The molecule has 2 heterocycles. The van der Waals surface area contributed by atoms with Gasteiger partial charge in [0.05, 0.1) is 12.1 Å². The van der Waals surface area contributed by atoms with Gasteiger partial charge in [0.1, 0.15) is 18.1 Å². The first-order valence-electron chi connectivity index (χ1n) is 14.3. The second kappa shape index (κ2) is 14.9. The molecule has 0 bridgehead atoms. The number of rotatable bonds is 15. The predicted octanol–water partition coefficient (Wildman–Crippen LogP) is 1.43. The number of hydrogen-bond acceptors (Lipinski definition) is 7. The topological polar surface area (TPSA) is 202 Å². The minimum absolute atomic E-state index is 0.0215. The molecule has 0 aliphatic heterocycles. The molecule has 5 unspecified atom stereocenters. The van der Waals surface area contributed by atoms with Crippen molar-refractivity contribution < 1.29 is 29.4 Å². The highest BCUT2D eigenvalue weighted by Gasteiger charge is 2.33. The van der Waals surface area contributed by atoms with Crippen LogP contribution in [0, 0.1) is 0 Å². The molecule has 2 aromatic heterocycles. The van der Waals surface area contributed by atoms with E-state index < -0.39 is 54.0 Å². The minimum Gasteiger partial charge on any atom is -0.480 e. The van der Waals surface area contributed by atoms with Crippen molar-refractivity contribution in [2.24, 2.45) is 5.73 Å². The molecule has 0 aliphatic carbocycles. The maximum absolute atomic E-state index is 13.3. The van der Waals surface area contributed by atoms with E-state index in [0.29, 0.717) is 11.3 Å². The number of hydrogen-bond donors (Lipinski definition) is 8. The van der Waals surface area contributed by atoms with Crippen molar-refractivity contribution >= 4 is 57.3 Å². The van der Waals surface area contributed by atoms with Crippen LogP contribution in [-0.4, -0.2) is 86.2 Å². The highest BCUT2D eigenvalue weighted by molar-refractivity contribution is 7.98. The smallest absolute Gasteiger partial charge is 0.326 e. The molecule has 5 atom stereocenters. The first-order valence-corrected chi connectivity index (χ1v) is 15.6. The molecule has 0 saturated heterocycles. The summed E-state index contributed by atoms with van der Waals surface area (Å²) in [6, 6.07) is 10.2. The van der Waals surface area contributed by atoms with Crippen molar-refractivity contribution in [3.05, 3.63) is 72.1 Å². The van der Waals surface area contributed by atoms with E-state index >= 15 is 0 Å². The first-order chi connectivity index (χ1) is 21.1. The Bertz CT molecular complexity index is 1620. The Balaban J connectivity index is 1.42. The highest BCUT2D eigenvalue weighted by atomic mass is 32.2. The lowest BCUT2D eigenvalue weighted by atomic mass is 10.0. The van der Waals surface area contributed by atoms with Crippen LogP contribution >= 0.6 is 11.8 Å². The summed E-state index contributed by atoms with van der Waals surface area (Å²) in [5.74, 6) is -2.86. The molecule has 3 amide bonds. The van der Waals surface area contributed by atoms with Gasteiger partial charge < -0.3 is 41.9 Å². The molecule has 0 saturated carbocycles. The molecule has 234 valence electrons. The number of aliphatic carboxylic acids is 1. The standard InChI is InChI=1S/C31H38N6O6S/c1-17(38)27(30(41)36-26(31(42)43)14-19-16-34-24-10-6-4-8-21(19)24)37-29(40)25(11-12-44-2)35-28(39)22(32)13-18-15-33-23-9-5-3-7-20(18)23/h3-10,15-17,22,25-27,33-34,38H,11-14,32H2,1-2H3,(H,35,39)(H,36,41)(H,37,40)(H,42,43). The third kappa shape index (κ3) is 7.98. The van der Waals surface area contributed by atoms with E-state index in [1.807, 2.05) is 54.8 Å². The Hall–Kier alpha value is -4.33. The van der Waals surface area contributed by atoms with Gasteiger partial charge in [-0.05, 0) is 55.0 Å². The van der Waals surface area contributed by atoms with Crippen LogP contribution in [0.15, 0.2) is 60.9 Å². The quantitative estimate of drug-likeness (QED) is 0.0972. The molecular formula is C31H38N6O6S. The number of fused-ring (bicyclic) bond motifs is 2. The average molecular weight is 623 g/mol. The van der Waals surface area contributed by atoms with Crippen LogP contribution in [0.1, 0.15) is 24.5 Å². The van der Waals surface area contributed by atoms with E-state index in [4.69, 9.17) is 5.73 Å². The molecular weight excluding hydrogens is 584 g/mol. The number of nitrogens with one attached hydrogen (secondary N) is 5. The molecule has 4 rings (SSSR count). The number of aliphatic hydroxyl groups is 1. The fraction of sp³-hybridized carbons (Fsp3) is 0.355. The SMILES string of the molecule is CSCCC(NC(=O)C(N)Cc1c[nH]c2ccccc12)C(=O)NC(C(=O)NC(Cc1c[nH]c2ccccc12)C(=O)O)C(C)O. The maximum Gasteiger partial charge on any atom is 0.326 e. The molecule has 0 radical (unpaired) electrons. The van der Waals surface area contributed by atoms with Crippen molar-refractivity contribution in [2.45, 2.75) is 56.5 Å². The molecule has 12 nitrogen and oxygen atoms in total. The zero-order chi connectivity index (χ0) is 31.8. The number of aromatic amines is 2. The van der Waals surface area contributed by atoms with Gasteiger partial charge in [0, 0.05) is 40.6 Å². The first kappa shape index (κ1) is 32.6. The van der Waals surface area contributed by atoms with Crippen LogP contribution in [0.3, 0.4) is 0 Å². The zero-order valence-electron chi connectivity index (χ0n) is 24.5. The molecule has 44 heavy (non-hydrogen) atoms. The Morgan fingerprint density at radius 1 is 0.818 bits per heavy atom. The van der Waals surface area contributed by atoms with Gasteiger partial charge in [0.15, 0.2) is 0 Å². The number of nitrogens with two attached hydrogens (primary N) is 1. The van der Waals surface area contributed by atoms with Crippen molar-refractivity contribution in [1.82, 2.24) is 25.9 Å². The number of amides is 3. The zero-order valence-corrected chi connectivity index (χ0v) is 25.3. The maximum atomic E-state index is 13.3. The summed E-state index contributed by atoms with van der Waals surface area (Å²) in [6.45, 7) is 1.31. The lowest BCUT2D eigenvalue weighted by Crippen LogP contribution is -2.60. The summed E-state index contributed by atoms with van der Waals surface area (Å²) in [7, 11) is 0. The van der Waals surface area contributed by atoms with Gasteiger partial charge in [-0.2, -0.15) is 11.8 Å². The van der Waals surface area contributed by atoms with Crippen molar-refractivity contribution in [3.63, 3.8) is 0 Å². The number of carbonyl (C=O) groups excluding carboxylic acids is 3. The number of aliphatic hydroxyl groups excluding tert-OH is 1. The highest BCUT2D eigenvalue weighted by Crippen LogP contribution is 2.20. The van der Waals surface area contributed by atoms with E-state index in [-0.39, 0.29) is 19.3 Å². The number of carbonyl (C=O) groups is 4. The summed E-state index contributed by atoms with van der Waals surface area (Å²) < 4.78 is 0. The monoisotopic (exact) mass is 622 g/mol. The molecule has 9 N–H and O–H groups in total. The number of aromatic nitrogens is 2. The summed E-state index contributed by atoms with van der Waals surface area (Å²) >= 11 is 1.47. The van der Waals surface area contributed by atoms with Crippen LogP contribution < -0.4 is 21.7 Å². The summed E-state index contributed by atoms with van der Waals surface area (Å²) in [5.41, 5.74) is 9.52. The van der Waals surface area contributed by atoms with E-state index in [1.54, 1.807) is 12.4 Å². The van der Waals surface area contributed by atoms with Gasteiger partial charge in [0.25, 0.3) is 0 Å². The Kier molecular flexibility index (Phi) is 11.0. The van der Waals surface area contributed by atoms with Gasteiger partial charge in [0.2, 0.25) is 17.7 Å². The minimum atomic E-state index is -1.47. The third-order valence-corrected chi connectivity index (χ3v) is 8.12. The van der Waals surface area contributed by atoms with E-state index in [9.17, 15) is 29.4 Å². The molecule has 0 spiro atoms. The number of H-pyrrole nitrogens is 2. The van der Waals surface area contributed by atoms with E-state index in [0.717, 1.165) is 27.4 Å². The average Bonchev–Trinajstić information content (AvgIpc) is 3.61. The van der Waals surface area contributed by atoms with Gasteiger partial charge in [-0.25, -0.2) is 4.79 Å². The molecule has 0 aliphatic rings. The Morgan fingerprint density at radius 3 is 1.91 bits per heavy atom. The van der Waals surface area contributed by atoms with E-state index in [2.05, 4.69) is 25.9 Å². The summed E-state index contributed by atoms with van der Waals surface area (Å²) in [5, 5.41) is 29.6. The van der Waals surface area contributed by atoms with Crippen LogP contribution in [0.5, 0.6) is 0 Å². The lowest BCUT2D eigenvalue weighted by Gasteiger charge is -2.26. The second-order valence-corrected chi connectivity index (χ2v) is 11.7. The predicted molar refractivity (Wildman–Crippen MR) is 170 cm³/mol. The second-order valence-electron chi connectivity index (χ2n) is 10.7. The molecule has 0 fully saturated rings. The molecule has 13 heteroatoms. The van der Waals surface area contributed by atoms with E-state index in [1.165, 1.54) is 18.7 Å². The van der Waals surface area contributed by atoms with Gasteiger partial charge in [-0.3, -0.25) is 14.4 Å². The number of para-hydroxylation sites is 2. The Morgan fingerprint density at radius 2 is 1.36 bits per heavy atom. The third-order valence-electron chi connectivity index (χ3n) is 7.47. The van der Waals surface area contributed by atoms with Crippen LogP contribution in [0.2, 0.25) is 0 Å².